The number of ether oxygens (including phenoxy) is 1. The van der Waals surface area contributed by atoms with Crippen molar-refractivity contribution in [2.45, 2.75) is 38.0 Å². The van der Waals surface area contributed by atoms with Crippen molar-refractivity contribution in [3.63, 3.8) is 0 Å². The van der Waals surface area contributed by atoms with Crippen LogP contribution in [0.25, 0.3) is 0 Å². The zero-order chi connectivity index (χ0) is 11.9. The molecular weight excluding hydrogens is 214 g/mol. The molecule has 1 saturated carbocycles. The van der Waals surface area contributed by atoms with Gasteiger partial charge < -0.3 is 4.74 Å². The first-order chi connectivity index (χ1) is 8.40. The van der Waals surface area contributed by atoms with E-state index in [0.29, 0.717) is 5.92 Å². The van der Waals surface area contributed by atoms with Crippen molar-refractivity contribution < 1.29 is 9.53 Å². The van der Waals surface area contributed by atoms with Gasteiger partial charge >= 0.3 is 0 Å². The van der Waals surface area contributed by atoms with Gasteiger partial charge in [-0.05, 0) is 36.5 Å². The standard InChI is InChI=1S/C14H17NO2/c16-10-15-11-17-14-8-4-7-13(9-14)12-5-2-1-3-6-12/h4,7-9,12H,1-3,5-6,11H2. The highest BCUT2D eigenvalue weighted by Gasteiger charge is 2.15. The molecule has 1 aromatic carbocycles. The number of benzene rings is 1. The van der Waals surface area contributed by atoms with Crippen molar-refractivity contribution in [1.29, 1.82) is 0 Å². The minimum atomic E-state index is 0.0532. The first-order valence-electron chi connectivity index (χ1n) is 6.16. The number of hydrogen-bond donors (Lipinski definition) is 0. The number of rotatable bonds is 4. The van der Waals surface area contributed by atoms with Crippen molar-refractivity contribution in [2.24, 2.45) is 4.99 Å². The summed E-state index contributed by atoms with van der Waals surface area (Å²) in [6, 6.07) is 8.12. The maximum Gasteiger partial charge on any atom is 0.238 e. The van der Waals surface area contributed by atoms with E-state index in [2.05, 4.69) is 17.1 Å². The van der Waals surface area contributed by atoms with E-state index in [4.69, 9.17) is 4.74 Å². The van der Waals surface area contributed by atoms with Crippen molar-refractivity contribution in [1.82, 2.24) is 0 Å². The molecule has 0 aromatic heterocycles. The van der Waals surface area contributed by atoms with Crippen LogP contribution in [0.4, 0.5) is 0 Å². The molecule has 3 heteroatoms. The van der Waals surface area contributed by atoms with E-state index in [9.17, 15) is 4.79 Å². The maximum absolute atomic E-state index is 9.94. The zero-order valence-corrected chi connectivity index (χ0v) is 9.89. The fraction of sp³-hybridized carbons (Fsp3) is 0.500. The molecule has 0 aliphatic heterocycles. The van der Waals surface area contributed by atoms with E-state index in [-0.39, 0.29) is 6.73 Å². The monoisotopic (exact) mass is 231 g/mol. The summed E-state index contributed by atoms with van der Waals surface area (Å²) in [5.41, 5.74) is 1.34. The molecule has 2 rings (SSSR count). The van der Waals surface area contributed by atoms with Gasteiger partial charge in [0.1, 0.15) is 5.75 Å². The van der Waals surface area contributed by atoms with Gasteiger partial charge in [-0.2, -0.15) is 4.99 Å². The highest BCUT2D eigenvalue weighted by Crippen LogP contribution is 2.33. The van der Waals surface area contributed by atoms with Crippen molar-refractivity contribution in [2.75, 3.05) is 6.73 Å². The van der Waals surface area contributed by atoms with E-state index >= 15 is 0 Å². The predicted molar refractivity (Wildman–Crippen MR) is 65.9 cm³/mol. The van der Waals surface area contributed by atoms with Crippen LogP contribution in [0.3, 0.4) is 0 Å². The Balaban J connectivity index is 2.02. The molecule has 0 amide bonds. The van der Waals surface area contributed by atoms with Gasteiger partial charge in [0.05, 0.1) is 0 Å². The Morgan fingerprint density at radius 3 is 2.88 bits per heavy atom. The van der Waals surface area contributed by atoms with E-state index in [1.807, 2.05) is 12.1 Å². The lowest BCUT2D eigenvalue weighted by Crippen LogP contribution is -2.04. The summed E-state index contributed by atoms with van der Waals surface area (Å²) < 4.78 is 5.35. The number of isocyanates is 1. The fourth-order valence-electron chi connectivity index (χ4n) is 2.43. The van der Waals surface area contributed by atoms with Crippen molar-refractivity contribution >= 4 is 6.08 Å². The molecular formula is C14H17NO2. The average Bonchev–Trinajstić information content (AvgIpc) is 2.41. The fourth-order valence-corrected chi connectivity index (χ4v) is 2.43. The van der Waals surface area contributed by atoms with Gasteiger partial charge in [0.2, 0.25) is 6.08 Å². The predicted octanol–water partition coefficient (Wildman–Crippen LogP) is 3.41. The summed E-state index contributed by atoms with van der Waals surface area (Å²) in [6.07, 6.45) is 8.02. The molecule has 1 aliphatic rings. The van der Waals surface area contributed by atoms with Gasteiger partial charge in [0, 0.05) is 0 Å². The average molecular weight is 231 g/mol. The van der Waals surface area contributed by atoms with Gasteiger partial charge in [-0.1, -0.05) is 31.4 Å². The molecule has 3 nitrogen and oxygen atoms in total. The van der Waals surface area contributed by atoms with Crippen LogP contribution in [0.2, 0.25) is 0 Å². The largest absolute Gasteiger partial charge is 0.470 e. The Hall–Kier alpha value is -1.60. The molecule has 0 heterocycles. The number of carbonyl (C=O) groups excluding carboxylic acids is 1. The Labute approximate surface area is 102 Å². The van der Waals surface area contributed by atoms with E-state index in [1.165, 1.54) is 43.7 Å². The van der Waals surface area contributed by atoms with Crippen LogP contribution in [0, 0.1) is 0 Å². The van der Waals surface area contributed by atoms with Crippen LogP contribution in [0.15, 0.2) is 29.3 Å². The van der Waals surface area contributed by atoms with Crippen LogP contribution in [0.5, 0.6) is 5.75 Å². The lowest BCUT2D eigenvalue weighted by molar-refractivity contribution is 0.329. The van der Waals surface area contributed by atoms with Crippen LogP contribution < -0.4 is 4.74 Å². The van der Waals surface area contributed by atoms with Crippen LogP contribution in [0.1, 0.15) is 43.6 Å². The Bertz CT molecular complexity index is 404. The van der Waals surface area contributed by atoms with Gasteiger partial charge in [-0.25, -0.2) is 4.79 Å². The SMILES string of the molecule is O=C=NCOc1cccc(C2CCCCC2)c1. The maximum atomic E-state index is 9.94. The molecule has 1 fully saturated rings. The number of aliphatic imine (C=N–C) groups is 1. The van der Waals surface area contributed by atoms with Crippen molar-refractivity contribution in [3.05, 3.63) is 29.8 Å². The molecule has 0 bridgehead atoms. The normalized spacial score (nSPS) is 16.2. The third-order valence-electron chi connectivity index (χ3n) is 3.29. The molecule has 17 heavy (non-hydrogen) atoms. The summed E-state index contributed by atoms with van der Waals surface area (Å²) in [6.45, 7) is 0.0532. The summed E-state index contributed by atoms with van der Waals surface area (Å²) in [5, 5.41) is 0. The van der Waals surface area contributed by atoms with Gasteiger partial charge in [0.25, 0.3) is 0 Å². The molecule has 0 spiro atoms. The van der Waals surface area contributed by atoms with E-state index < -0.39 is 0 Å². The van der Waals surface area contributed by atoms with Gasteiger partial charge in [-0.15, -0.1) is 0 Å². The number of hydrogen-bond acceptors (Lipinski definition) is 3. The van der Waals surface area contributed by atoms with E-state index in [1.54, 1.807) is 0 Å². The van der Waals surface area contributed by atoms with Crippen LogP contribution >= 0.6 is 0 Å². The number of nitrogens with zero attached hydrogens (tertiary/aromatic N) is 1. The van der Waals surface area contributed by atoms with Gasteiger partial charge in [-0.3, -0.25) is 0 Å². The minimum Gasteiger partial charge on any atom is -0.470 e. The third-order valence-corrected chi connectivity index (χ3v) is 3.29. The highest BCUT2D eigenvalue weighted by molar-refractivity contribution is 5.33. The second-order valence-electron chi connectivity index (χ2n) is 4.43. The second kappa shape index (κ2) is 6.21. The molecule has 0 unspecified atom stereocenters. The first-order valence-corrected chi connectivity index (χ1v) is 6.16. The molecule has 0 atom stereocenters. The third kappa shape index (κ3) is 3.43. The summed E-state index contributed by atoms with van der Waals surface area (Å²) in [5.74, 6) is 1.45. The Kier molecular flexibility index (Phi) is 4.34. The Morgan fingerprint density at radius 1 is 1.29 bits per heavy atom. The molecule has 1 aromatic rings. The van der Waals surface area contributed by atoms with E-state index in [0.717, 1.165) is 5.75 Å². The van der Waals surface area contributed by atoms with Gasteiger partial charge in [0.15, 0.2) is 6.73 Å². The lowest BCUT2D eigenvalue weighted by Gasteiger charge is -2.22. The lowest BCUT2D eigenvalue weighted by atomic mass is 9.84. The van der Waals surface area contributed by atoms with Crippen LogP contribution in [-0.2, 0) is 4.79 Å². The first kappa shape index (κ1) is 11.9. The molecule has 0 saturated heterocycles. The topological polar surface area (TPSA) is 38.7 Å². The quantitative estimate of drug-likeness (QED) is 0.588. The molecule has 0 N–H and O–H groups in total. The minimum absolute atomic E-state index is 0.0532. The van der Waals surface area contributed by atoms with Crippen molar-refractivity contribution in [3.8, 4) is 5.75 Å². The smallest absolute Gasteiger partial charge is 0.238 e. The summed E-state index contributed by atoms with van der Waals surface area (Å²) in [7, 11) is 0. The van der Waals surface area contributed by atoms with Crippen LogP contribution in [-0.4, -0.2) is 12.8 Å². The summed E-state index contributed by atoms with van der Waals surface area (Å²) in [4.78, 5) is 13.3. The zero-order valence-electron chi connectivity index (χ0n) is 9.89. The molecule has 0 radical (unpaired) electrons. The highest BCUT2D eigenvalue weighted by atomic mass is 16.5. The summed E-state index contributed by atoms with van der Waals surface area (Å²) >= 11 is 0. The second-order valence-corrected chi connectivity index (χ2v) is 4.43. The molecule has 1 aliphatic carbocycles. The molecule has 90 valence electrons. The Morgan fingerprint density at radius 2 is 2.12 bits per heavy atom.